The summed E-state index contributed by atoms with van der Waals surface area (Å²) in [6.45, 7) is 1.59. The fourth-order valence-corrected chi connectivity index (χ4v) is 3.62. The first-order valence-corrected chi connectivity index (χ1v) is 8.52. The van der Waals surface area contributed by atoms with Crippen LogP contribution in [0.25, 0.3) is 0 Å². The highest BCUT2D eigenvalue weighted by atomic mass is 35.5. The molecule has 0 amide bonds. The smallest absolute Gasteiger partial charge is 0.147 e. The van der Waals surface area contributed by atoms with Gasteiger partial charge in [0.05, 0.1) is 15.9 Å². The SMILES string of the molecule is CN(Cc1ccc(Cl)s1)c1ncc(CNC2CC2)cc1Cl. The van der Waals surface area contributed by atoms with Crippen LogP contribution < -0.4 is 10.2 Å². The summed E-state index contributed by atoms with van der Waals surface area (Å²) < 4.78 is 0.805. The highest BCUT2D eigenvalue weighted by Gasteiger charge is 2.20. The van der Waals surface area contributed by atoms with Gasteiger partial charge < -0.3 is 10.2 Å². The number of rotatable bonds is 6. The molecule has 2 heterocycles. The van der Waals surface area contributed by atoms with Crippen LogP contribution >= 0.6 is 34.5 Å². The van der Waals surface area contributed by atoms with Crippen molar-refractivity contribution in [2.45, 2.75) is 32.0 Å². The molecule has 2 aromatic rings. The summed E-state index contributed by atoms with van der Waals surface area (Å²) in [5.41, 5.74) is 1.13. The zero-order valence-electron chi connectivity index (χ0n) is 11.8. The molecular weight excluding hydrogens is 325 g/mol. The Bertz CT molecular complexity index is 625. The first-order valence-electron chi connectivity index (χ1n) is 6.95. The van der Waals surface area contributed by atoms with Gasteiger partial charge in [-0.15, -0.1) is 11.3 Å². The van der Waals surface area contributed by atoms with Gasteiger partial charge in [0.2, 0.25) is 0 Å². The summed E-state index contributed by atoms with van der Waals surface area (Å²) in [7, 11) is 1.99. The van der Waals surface area contributed by atoms with Crippen LogP contribution in [-0.4, -0.2) is 18.1 Å². The van der Waals surface area contributed by atoms with Crippen molar-refractivity contribution >= 4 is 40.4 Å². The van der Waals surface area contributed by atoms with Crippen molar-refractivity contribution in [2.75, 3.05) is 11.9 Å². The molecule has 1 N–H and O–H groups in total. The molecule has 0 spiro atoms. The molecule has 0 saturated heterocycles. The van der Waals surface area contributed by atoms with Gasteiger partial charge in [-0.25, -0.2) is 4.98 Å². The van der Waals surface area contributed by atoms with Crippen molar-refractivity contribution in [3.63, 3.8) is 0 Å². The minimum atomic E-state index is 0.690. The van der Waals surface area contributed by atoms with Crippen molar-refractivity contribution < 1.29 is 0 Å². The van der Waals surface area contributed by atoms with E-state index in [1.54, 1.807) is 11.3 Å². The average molecular weight is 342 g/mol. The van der Waals surface area contributed by atoms with Crippen molar-refractivity contribution in [3.05, 3.63) is 44.2 Å². The van der Waals surface area contributed by atoms with Crippen LogP contribution in [0.1, 0.15) is 23.3 Å². The lowest BCUT2D eigenvalue weighted by molar-refractivity contribution is 0.685. The molecule has 21 heavy (non-hydrogen) atoms. The third-order valence-electron chi connectivity index (χ3n) is 3.43. The maximum Gasteiger partial charge on any atom is 0.147 e. The zero-order chi connectivity index (χ0) is 14.8. The summed E-state index contributed by atoms with van der Waals surface area (Å²) >= 11 is 13.9. The second kappa shape index (κ2) is 6.53. The summed E-state index contributed by atoms with van der Waals surface area (Å²) in [5, 5.41) is 4.16. The molecule has 0 radical (unpaired) electrons. The predicted octanol–water partition coefficient (Wildman–Crippen LogP) is 4.34. The van der Waals surface area contributed by atoms with Crippen LogP contribution in [0.4, 0.5) is 5.82 Å². The first-order chi connectivity index (χ1) is 10.1. The third kappa shape index (κ3) is 4.10. The molecule has 0 aromatic carbocycles. The summed E-state index contributed by atoms with van der Waals surface area (Å²) in [6, 6.07) is 6.63. The summed E-state index contributed by atoms with van der Waals surface area (Å²) in [4.78, 5) is 7.74. The van der Waals surface area contributed by atoms with Crippen LogP contribution in [0, 0.1) is 0 Å². The van der Waals surface area contributed by atoms with Gasteiger partial charge in [-0.3, -0.25) is 0 Å². The van der Waals surface area contributed by atoms with Gasteiger partial charge >= 0.3 is 0 Å². The van der Waals surface area contributed by atoms with E-state index in [1.165, 1.54) is 17.7 Å². The monoisotopic (exact) mass is 341 g/mol. The minimum Gasteiger partial charge on any atom is -0.353 e. The van der Waals surface area contributed by atoms with Crippen molar-refractivity contribution in [2.24, 2.45) is 0 Å². The van der Waals surface area contributed by atoms with Crippen molar-refractivity contribution in [3.8, 4) is 0 Å². The van der Waals surface area contributed by atoms with E-state index in [2.05, 4.69) is 10.3 Å². The van der Waals surface area contributed by atoms with Gasteiger partial charge in [0.25, 0.3) is 0 Å². The van der Waals surface area contributed by atoms with E-state index in [0.29, 0.717) is 11.1 Å². The Morgan fingerprint density at radius 1 is 1.38 bits per heavy atom. The molecule has 6 heteroatoms. The van der Waals surface area contributed by atoms with Crippen molar-refractivity contribution in [1.82, 2.24) is 10.3 Å². The van der Waals surface area contributed by atoms with Crippen molar-refractivity contribution in [1.29, 1.82) is 0 Å². The standard InChI is InChI=1S/C15H17Cl2N3S/c1-20(9-12-4-5-14(17)21-12)15-13(16)6-10(8-19-15)7-18-11-2-3-11/h4-6,8,11,18H,2-3,7,9H2,1H3. The Labute approximate surface area is 138 Å². The van der Waals surface area contributed by atoms with Crippen LogP contribution in [-0.2, 0) is 13.1 Å². The van der Waals surface area contributed by atoms with Crippen LogP contribution in [0.3, 0.4) is 0 Å². The Hall–Kier alpha value is -0.810. The van der Waals surface area contributed by atoms with Gasteiger partial charge in [-0.1, -0.05) is 23.2 Å². The average Bonchev–Trinajstić information content (AvgIpc) is 3.19. The highest BCUT2D eigenvalue weighted by Crippen LogP contribution is 2.28. The Balaban J connectivity index is 1.65. The zero-order valence-corrected chi connectivity index (χ0v) is 14.1. The molecule has 1 saturated carbocycles. The predicted molar refractivity (Wildman–Crippen MR) is 90.5 cm³/mol. The Morgan fingerprint density at radius 3 is 2.81 bits per heavy atom. The summed E-state index contributed by atoms with van der Waals surface area (Å²) in [6.07, 6.45) is 4.46. The molecule has 2 aromatic heterocycles. The topological polar surface area (TPSA) is 28.2 Å². The van der Waals surface area contributed by atoms with E-state index in [-0.39, 0.29) is 0 Å². The number of hydrogen-bond acceptors (Lipinski definition) is 4. The van der Waals surface area contributed by atoms with E-state index in [4.69, 9.17) is 23.2 Å². The number of hydrogen-bond donors (Lipinski definition) is 1. The Morgan fingerprint density at radius 2 is 2.19 bits per heavy atom. The number of nitrogens with one attached hydrogen (secondary N) is 1. The second-order valence-electron chi connectivity index (χ2n) is 5.37. The van der Waals surface area contributed by atoms with Crippen LogP contribution in [0.2, 0.25) is 9.36 Å². The molecular formula is C15H17Cl2N3S. The number of thiophene rings is 1. The lowest BCUT2D eigenvalue weighted by Gasteiger charge is -2.19. The van der Waals surface area contributed by atoms with E-state index in [0.717, 1.165) is 28.8 Å². The van der Waals surface area contributed by atoms with Gasteiger partial charge in [-0.05, 0) is 36.6 Å². The number of pyridine rings is 1. The molecule has 1 aliphatic carbocycles. The fraction of sp³-hybridized carbons (Fsp3) is 0.400. The first kappa shape index (κ1) is 15.1. The number of halogens is 2. The second-order valence-corrected chi connectivity index (χ2v) is 7.57. The number of anilines is 1. The van der Waals surface area contributed by atoms with Gasteiger partial charge in [0, 0.05) is 30.7 Å². The third-order valence-corrected chi connectivity index (χ3v) is 4.93. The van der Waals surface area contributed by atoms with Gasteiger partial charge in [0.1, 0.15) is 5.82 Å². The van der Waals surface area contributed by atoms with E-state index < -0.39 is 0 Å². The molecule has 0 aliphatic heterocycles. The highest BCUT2D eigenvalue weighted by molar-refractivity contribution is 7.16. The molecule has 3 rings (SSSR count). The maximum atomic E-state index is 6.37. The molecule has 3 nitrogen and oxygen atoms in total. The maximum absolute atomic E-state index is 6.37. The van der Waals surface area contributed by atoms with Crippen LogP contribution in [0.15, 0.2) is 24.4 Å². The Kier molecular flexibility index (Phi) is 4.69. The van der Waals surface area contributed by atoms with Crippen LogP contribution in [0.5, 0.6) is 0 Å². The molecule has 1 aliphatic rings. The fourth-order valence-electron chi connectivity index (χ4n) is 2.14. The lowest BCUT2D eigenvalue weighted by Crippen LogP contribution is -2.19. The van der Waals surface area contributed by atoms with E-state index >= 15 is 0 Å². The van der Waals surface area contributed by atoms with E-state index in [1.807, 2.05) is 36.3 Å². The molecule has 112 valence electrons. The van der Waals surface area contributed by atoms with Gasteiger partial charge in [-0.2, -0.15) is 0 Å². The number of nitrogens with zero attached hydrogens (tertiary/aromatic N) is 2. The molecule has 1 fully saturated rings. The quantitative estimate of drug-likeness (QED) is 0.847. The lowest BCUT2D eigenvalue weighted by atomic mass is 10.2. The molecule has 0 unspecified atom stereocenters. The molecule has 0 atom stereocenters. The normalized spacial score (nSPS) is 14.4. The minimum absolute atomic E-state index is 0.690. The largest absolute Gasteiger partial charge is 0.353 e. The van der Waals surface area contributed by atoms with E-state index in [9.17, 15) is 0 Å². The molecule has 0 bridgehead atoms. The summed E-state index contributed by atoms with van der Waals surface area (Å²) in [5.74, 6) is 0.802. The van der Waals surface area contributed by atoms with Gasteiger partial charge in [0.15, 0.2) is 0 Å². The number of aromatic nitrogens is 1.